The van der Waals surface area contributed by atoms with Crippen LogP contribution in [0.1, 0.15) is 68.9 Å². The molecule has 0 spiro atoms. The summed E-state index contributed by atoms with van der Waals surface area (Å²) in [4.78, 5) is 39.8. The van der Waals surface area contributed by atoms with E-state index in [4.69, 9.17) is 4.74 Å². The van der Waals surface area contributed by atoms with Crippen LogP contribution in [0.15, 0.2) is 72.8 Å². The van der Waals surface area contributed by atoms with E-state index in [1.807, 2.05) is 72.8 Å². The molecule has 3 N–H and O–H groups in total. The van der Waals surface area contributed by atoms with Gasteiger partial charge in [-0.05, 0) is 49.1 Å². The number of aliphatic hydroxyl groups excluding tert-OH is 1. The Bertz CT molecular complexity index is 1150. The van der Waals surface area contributed by atoms with Crippen LogP contribution in [-0.4, -0.2) is 48.2 Å². The molecule has 0 aromatic heterocycles. The first-order valence-electron chi connectivity index (χ1n) is 15.6. The van der Waals surface area contributed by atoms with Gasteiger partial charge in [0.05, 0.1) is 30.5 Å². The number of carbonyl (C=O) groups is 3. The van der Waals surface area contributed by atoms with Crippen molar-refractivity contribution in [2.75, 3.05) is 13.2 Å². The number of benzene rings is 2. The van der Waals surface area contributed by atoms with Gasteiger partial charge in [-0.25, -0.2) is 0 Å². The van der Waals surface area contributed by atoms with Crippen molar-refractivity contribution in [3.8, 4) is 0 Å². The zero-order valence-corrected chi connectivity index (χ0v) is 24.6. The fourth-order valence-electron chi connectivity index (χ4n) is 6.15. The Morgan fingerprint density at radius 2 is 1.55 bits per heavy atom. The van der Waals surface area contributed by atoms with Gasteiger partial charge in [0.1, 0.15) is 6.61 Å². The van der Waals surface area contributed by atoms with Gasteiger partial charge in [-0.15, -0.1) is 0 Å². The molecule has 1 fully saturated rings. The topological polar surface area (TPSA) is 105 Å². The third-order valence-corrected chi connectivity index (χ3v) is 8.49. The van der Waals surface area contributed by atoms with Gasteiger partial charge in [0.2, 0.25) is 11.8 Å². The number of rotatable bonds is 10. The van der Waals surface area contributed by atoms with E-state index in [9.17, 15) is 19.5 Å². The minimum absolute atomic E-state index is 0.0187. The maximum absolute atomic E-state index is 13.5. The van der Waals surface area contributed by atoms with E-state index in [1.165, 1.54) is 19.3 Å². The highest BCUT2D eigenvalue weighted by molar-refractivity contribution is 5.86. The summed E-state index contributed by atoms with van der Waals surface area (Å²) in [5.74, 6) is -1.09. The number of ether oxygens (including phenoxy) is 1. The first-order valence-corrected chi connectivity index (χ1v) is 15.6. The van der Waals surface area contributed by atoms with Crippen LogP contribution >= 0.6 is 0 Å². The van der Waals surface area contributed by atoms with Crippen molar-refractivity contribution >= 4 is 17.8 Å². The van der Waals surface area contributed by atoms with E-state index in [2.05, 4.69) is 10.6 Å². The molecule has 0 radical (unpaired) electrons. The number of aliphatic hydroxyl groups is 1. The minimum atomic E-state index is -0.561. The largest absolute Gasteiger partial charge is 0.463 e. The third-order valence-electron chi connectivity index (χ3n) is 8.49. The van der Waals surface area contributed by atoms with Gasteiger partial charge in [-0.2, -0.15) is 0 Å². The van der Waals surface area contributed by atoms with Gasteiger partial charge in [0.15, 0.2) is 0 Å². The Kier molecular flexibility index (Phi) is 12.6. The van der Waals surface area contributed by atoms with Crippen molar-refractivity contribution in [1.82, 2.24) is 10.6 Å². The average molecular weight is 575 g/mol. The van der Waals surface area contributed by atoms with E-state index in [-0.39, 0.29) is 49.4 Å². The molecule has 4 atom stereocenters. The van der Waals surface area contributed by atoms with Crippen molar-refractivity contribution in [2.24, 2.45) is 17.8 Å². The number of amides is 2. The van der Waals surface area contributed by atoms with Gasteiger partial charge in [0.25, 0.3) is 0 Å². The van der Waals surface area contributed by atoms with Crippen LogP contribution in [-0.2, 0) is 32.0 Å². The molecule has 7 nitrogen and oxygen atoms in total. The van der Waals surface area contributed by atoms with Crippen molar-refractivity contribution in [3.63, 3.8) is 0 Å². The van der Waals surface area contributed by atoms with Gasteiger partial charge in [-0.1, -0.05) is 105 Å². The van der Waals surface area contributed by atoms with Gasteiger partial charge >= 0.3 is 5.97 Å². The maximum Gasteiger partial charge on any atom is 0.309 e. The lowest BCUT2D eigenvalue weighted by molar-refractivity contribution is -0.150. The predicted molar refractivity (Wildman–Crippen MR) is 163 cm³/mol. The minimum Gasteiger partial charge on any atom is -0.463 e. The van der Waals surface area contributed by atoms with Crippen LogP contribution in [0.2, 0.25) is 0 Å². The first kappa shape index (κ1) is 31.5. The molecule has 7 heteroatoms. The smallest absolute Gasteiger partial charge is 0.309 e. The summed E-state index contributed by atoms with van der Waals surface area (Å²) in [5.41, 5.74) is 2.10. The first-order chi connectivity index (χ1) is 20.5. The fraction of sp³-hybridized carbons (Fsp3) is 0.514. The van der Waals surface area contributed by atoms with Crippen molar-refractivity contribution in [3.05, 3.63) is 83.9 Å². The highest BCUT2D eigenvalue weighted by atomic mass is 16.5. The Balaban J connectivity index is 1.45. The molecule has 1 saturated carbocycles. The van der Waals surface area contributed by atoms with E-state index in [0.717, 1.165) is 30.4 Å². The molecule has 226 valence electrons. The Morgan fingerprint density at radius 3 is 2.21 bits per heavy atom. The molecule has 2 aliphatic rings. The summed E-state index contributed by atoms with van der Waals surface area (Å²) in [5, 5.41) is 16.0. The highest BCUT2D eigenvalue weighted by Crippen LogP contribution is 2.28. The van der Waals surface area contributed by atoms with Crippen LogP contribution in [0, 0.1) is 17.8 Å². The second-order valence-corrected chi connectivity index (χ2v) is 11.9. The van der Waals surface area contributed by atoms with Crippen LogP contribution < -0.4 is 10.6 Å². The maximum atomic E-state index is 13.5. The molecule has 4 rings (SSSR count). The zero-order chi connectivity index (χ0) is 29.6. The Morgan fingerprint density at radius 1 is 0.905 bits per heavy atom. The number of cyclic esters (lactones) is 1. The average Bonchev–Trinajstić information content (AvgIpc) is 3.01. The molecule has 0 saturated heterocycles. The molecule has 1 heterocycles. The van der Waals surface area contributed by atoms with Crippen LogP contribution in [0.25, 0.3) is 0 Å². The summed E-state index contributed by atoms with van der Waals surface area (Å²) >= 11 is 0. The molecule has 0 unspecified atom stereocenters. The zero-order valence-electron chi connectivity index (χ0n) is 24.6. The third kappa shape index (κ3) is 10.4. The van der Waals surface area contributed by atoms with Crippen molar-refractivity contribution in [2.45, 2.75) is 82.7 Å². The number of nitrogens with one attached hydrogen (secondary N) is 2. The molecular formula is C35H46N2O5. The molecule has 42 heavy (non-hydrogen) atoms. The number of hydrogen-bond acceptors (Lipinski definition) is 5. The molecule has 2 aromatic rings. The van der Waals surface area contributed by atoms with E-state index in [1.54, 1.807) is 0 Å². The number of allylic oxidation sites excluding steroid dienone is 2. The molecule has 2 amide bonds. The summed E-state index contributed by atoms with van der Waals surface area (Å²) in [7, 11) is 0. The Labute approximate surface area is 250 Å². The van der Waals surface area contributed by atoms with Gasteiger partial charge in [0, 0.05) is 6.42 Å². The summed E-state index contributed by atoms with van der Waals surface area (Å²) in [6, 6.07) is 18.9. The van der Waals surface area contributed by atoms with Crippen LogP contribution in [0.5, 0.6) is 0 Å². The fourth-order valence-corrected chi connectivity index (χ4v) is 6.15. The highest BCUT2D eigenvalue weighted by Gasteiger charge is 2.29. The van der Waals surface area contributed by atoms with Crippen molar-refractivity contribution in [1.29, 1.82) is 0 Å². The summed E-state index contributed by atoms with van der Waals surface area (Å²) in [6.45, 7) is -0.0479. The van der Waals surface area contributed by atoms with Crippen LogP contribution in [0.3, 0.4) is 0 Å². The standard InChI is InChI=1S/C35H46N2O5/c38-24-31(21-27-14-6-2-7-15-27)36-33(39)23-29-18-10-11-19-30(20-26-12-4-1-5-13-26)35(41)42-25-32(37-34(29)40)22-28-16-8-3-9-17-28/h1-2,4-7,10-15,28-32,38H,3,8-9,16-25H2,(H,36,39)(H,37,40)/t29-,30-,31+,32+/m1/s1. The monoisotopic (exact) mass is 574 g/mol. The normalized spacial score (nSPS) is 23.1. The van der Waals surface area contributed by atoms with Gasteiger partial charge in [-0.3, -0.25) is 14.4 Å². The predicted octanol–water partition coefficient (Wildman–Crippen LogP) is 4.92. The quantitative estimate of drug-likeness (QED) is 0.276. The van der Waals surface area contributed by atoms with Gasteiger partial charge < -0.3 is 20.5 Å². The number of carbonyl (C=O) groups excluding carboxylic acids is 3. The molecular weight excluding hydrogens is 528 g/mol. The van der Waals surface area contributed by atoms with E-state index < -0.39 is 12.0 Å². The molecule has 2 aromatic carbocycles. The molecule has 0 bridgehead atoms. The number of esters is 1. The lowest BCUT2D eigenvalue weighted by Crippen LogP contribution is -2.45. The van der Waals surface area contributed by atoms with Crippen molar-refractivity contribution < 1.29 is 24.2 Å². The SMILES string of the molecule is O=C(C[C@H]1CC=CC[C@H](Cc2ccccc2)C(=O)OC[C@H](CC2CCCCC2)NC1=O)N[C@H](CO)Cc1ccccc1. The second-order valence-electron chi connectivity index (χ2n) is 11.9. The van der Waals surface area contributed by atoms with Crippen LogP contribution in [0.4, 0.5) is 0 Å². The number of hydrogen-bond donors (Lipinski definition) is 3. The Hall–Kier alpha value is -3.45. The molecule has 1 aliphatic heterocycles. The summed E-state index contributed by atoms with van der Waals surface area (Å²) in [6.07, 6.45) is 12.5. The van der Waals surface area contributed by atoms with E-state index >= 15 is 0 Å². The lowest BCUT2D eigenvalue weighted by atomic mass is 9.84. The summed E-state index contributed by atoms with van der Waals surface area (Å²) < 4.78 is 5.85. The second kappa shape index (κ2) is 16.9. The lowest BCUT2D eigenvalue weighted by Gasteiger charge is -2.29. The van der Waals surface area contributed by atoms with E-state index in [0.29, 0.717) is 31.6 Å². The molecule has 1 aliphatic carbocycles.